The van der Waals surface area contributed by atoms with Crippen molar-refractivity contribution in [3.63, 3.8) is 0 Å². The standard InChI is InChI=1S/C15H21N3/c1-18(11-8-13-6-9-17-10-7-13)15-4-2-14(12-16)3-5-15/h6-7,9-10,14-15H,2-5,8,11H2,1H3. The summed E-state index contributed by atoms with van der Waals surface area (Å²) in [6.07, 6.45) is 9.27. The average Bonchev–Trinajstić information content (AvgIpc) is 2.46. The first-order valence-corrected chi connectivity index (χ1v) is 6.78. The highest BCUT2D eigenvalue weighted by atomic mass is 15.1. The van der Waals surface area contributed by atoms with Gasteiger partial charge in [-0.1, -0.05) is 0 Å². The fourth-order valence-corrected chi connectivity index (χ4v) is 2.68. The van der Waals surface area contributed by atoms with Crippen LogP contribution in [0.15, 0.2) is 24.5 Å². The highest BCUT2D eigenvalue weighted by Crippen LogP contribution is 2.26. The van der Waals surface area contributed by atoms with E-state index in [4.69, 9.17) is 5.26 Å². The predicted molar refractivity (Wildman–Crippen MR) is 71.9 cm³/mol. The molecule has 1 aliphatic carbocycles. The molecule has 0 N–H and O–H groups in total. The second-order valence-corrected chi connectivity index (χ2v) is 5.22. The Bertz CT molecular complexity index is 388. The molecule has 1 fully saturated rings. The third-order valence-corrected chi connectivity index (χ3v) is 4.01. The number of pyridine rings is 1. The molecule has 1 aliphatic rings. The van der Waals surface area contributed by atoms with Crippen molar-refractivity contribution >= 4 is 0 Å². The van der Waals surface area contributed by atoms with Gasteiger partial charge >= 0.3 is 0 Å². The third-order valence-electron chi connectivity index (χ3n) is 4.01. The zero-order chi connectivity index (χ0) is 12.8. The van der Waals surface area contributed by atoms with Gasteiger partial charge in [0, 0.05) is 30.9 Å². The van der Waals surface area contributed by atoms with Crippen molar-refractivity contribution in [1.82, 2.24) is 9.88 Å². The SMILES string of the molecule is CN(CCc1ccncc1)C1CCC(C#N)CC1. The van der Waals surface area contributed by atoms with E-state index in [1.807, 2.05) is 12.4 Å². The van der Waals surface area contributed by atoms with Crippen LogP contribution in [-0.2, 0) is 6.42 Å². The molecule has 96 valence electrons. The molecule has 1 aromatic heterocycles. The Hall–Kier alpha value is -1.40. The van der Waals surface area contributed by atoms with Gasteiger partial charge in [0.2, 0.25) is 0 Å². The van der Waals surface area contributed by atoms with Crippen molar-refractivity contribution < 1.29 is 0 Å². The molecule has 3 heteroatoms. The molecule has 0 radical (unpaired) electrons. The van der Waals surface area contributed by atoms with Crippen molar-refractivity contribution in [2.75, 3.05) is 13.6 Å². The van der Waals surface area contributed by atoms with E-state index in [0.29, 0.717) is 12.0 Å². The number of hydrogen-bond acceptors (Lipinski definition) is 3. The lowest BCUT2D eigenvalue weighted by molar-refractivity contribution is 0.180. The van der Waals surface area contributed by atoms with E-state index in [1.165, 1.54) is 18.4 Å². The minimum Gasteiger partial charge on any atom is -0.303 e. The fraction of sp³-hybridized carbons (Fsp3) is 0.600. The van der Waals surface area contributed by atoms with E-state index in [2.05, 4.69) is 35.1 Å². The first-order valence-electron chi connectivity index (χ1n) is 6.78. The average molecular weight is 243 g/mol. The number of aromatic nitrogens is 1. The van der Waals surface area contributed by atoms with Gasteiger partial charge in [0.25, 0.3) is 0 Å². The molecular weight excluding hydrogens is 222 g/mol. The van der Waals surface area contributed by atoms with Gasteiger partial charge in [0.05, 0.1) is 6.07 Å². The Morgan fingerprint density at radius 1 is 1.28 bits per heavy atom. The molecule has 18 heavy (non-hydrogen) atoms. The molecule has 1 saturated carbocycles. The number of nitriles is 1. The molecular formula is C15H21N3. The molecule has 0 saturated heterocycles. The van der Waals surface area contributed by atoms with E-state index in [-0.39, 0.29) is 0 Å². The van der Waals surface area contributed by atoms with Gasteiger partial charge in [0.1, 0.15) is 0 Å². The predicted octanol–water partition coefficient (Wildman–Crippen LogP) is 2.64. The lowest BCUT2D eigenvalue weighted by atomic mass is 9.86. The van der Waals surface area contributed by atoms with Crippen molar-refractivity contribution in [3.8, 4) is 6.07 Å². The van der Waals surface area contributed by atoms with Gasteiger partial charge in [0.15, 0.2) is 0 Å². The Labute approximate surface area is 109 Å². The Morgan fingerprint density at radius 2 is 1.94 bits per heavy atom. The van der Waals surface area contributed by atoms with Crippen molar-refractivity contribution in [2.45, 2.75) is 38.1 Å². The van der Waals surface area contributed by atoms with Crippen LogP contribution in [-0.4, -0.2) is 29.5 Å². The molecule has 0 bridgehead atoms. The van der Waals surface area contributed by atoms with Gasteiger partial charge in [-0.15, -0.1) is 0 Å². The third kappa shape index (κ3) is 3.54. The molecule has 1 heterocycles. The Kier molecular flexibility index (Phi) is 4.72. The van der Waals surface area contributed by atoms with E-state index in [1.54, 1.807) is 0 Å². The van der Waals surface area contributed by atoms with Crippen LogP contribution in [0.4, 0.5) is 0 Å². The van der Waals surface area contributed by atoms with Crippen LogP contribution in [0, 0.1) is 17.2 Å². The Morgan fingerprint density at radius 3 is 2.56 bits per heavy atom. The summed E-state index contributed by atoms with van der Waals surface area (Å²) in [6.45, 7) is 1.09. The van der Waals surface area contributed by atoms with Crippen LogP contribution in [0.1, 0.15) is 31.2 Å². The van der Waals surface area contributed by atoms with E-state index in [0.717, 1.165) is 25.8 Å². The topological polar surface area (TPSA) is 39.9 Å². The van der Waals surface area contributed by atoms with Crippen molar-refractivity contribution in [2.24, 2.45) is 5.92 Å². The monoisotopic (exact) mass is 243 g/mol. The number of nitrogens with zero attached hydrogens (tertiary/aromatic N) is 3. The summed E-state index contributed by atoms with van der Waals surface area (Å²) in [5, 5.41) is 8.90. The van der Waals surface area contributed by atoms with Gasteiger partial charge in [-0.05, 0) is 56.8 Å². The number of rotatable bonds is 4. The largest absolute Gasteiger partial charge is 0.303 e. The van der Waals surface area contributed by atoms with E-state index < -0.39 is 0 Å². The van der Waals surface area contributed by atoms with E-state index >= 15 is 0 Å². The van der Waals surface area contributed by atoms with Crippen LogP contribution >= 0.6 is 0 Å². The summed E-state index contributed by atoms with van der Waals surface area (Å²) < 4.78 is 0. The zero-order valence-corrected chi connectivity index (χ0v) is 11.0. The van der Waals surface area contributed by atoms with Crippen LogP contribution in [0.25, 0.3) is 0 Å². The van der Waals surface area contributed by atoms with E-state index in [9.17, 15) is 0 Å². The van der Waals surface area contributed by atoms with Crippen LogP contribution in [0.3, 0.4) is 0 Å². The normalized spacial score (nSPS) is 23.8. The first kappa shape index (κ1) is 13.0. The maximum Gasteiger partial charge on any atom is 0.0655 e. The molecule has 1 aromatic rings. The second kappa shape index (κ2) is 6.51. The fourth-order valence-electron chi connectivity index (χ4n) is 2.68. The first-order chi connectivity index (χ1) is 8.79. The Balaban J connectivity index is 1.76. The molecule has 0 spiro atoms. The summed E-state index contributed by atoms with van der Waals surface area (Å²) in [6, 6.07) is 7.23. The summed E-state index contributed by atoms with van der Waals surface area (Å²) in [4.78, 5) is 6.49. The smallest absolute Gasteiger partial charge is 0.0655 e. The molecule has 0 amide bonds. The lowest BCUT2D eigenvalue weighted by Crippen LogP contribution is -2.36. The summed E-state index contributed by atoms with van der Waals surface area (Å²) in [5.41, 5.74) is 1.35. The summed E-state index contributed by atoms with van der Waals surface area (Å²) in [5.74, 6) is 0.301. The lowest BCUT2D eigenvalue weighted by Gasteiger charge is -2.32. The molecule has 0 atom stereocenters. The maximum atomic E-state index is 8.90. The second-order valence-electron chi connectivity index (χ2n) is 5.22. The van der Waals surface area contributed by atoms with Gasteiger partial charge in [-0.2, -0.15) is 5.26 Å². The number of likely N-dealkylation sites (N-methyl/N-ethyl adjacent to an activating group) is 1. The summed E-state index contributed by atoms with van der Waals surface area (Å²) in [7, 11) is 2.21. The number of hydrogen-bond donors (Lipinski definition) is 0. The van der Waals surface area contributed by atoms with Gasteiger partial charge in [-0.25, -0.2) is 0 Å². The van der Waals surface area contributed by atoms with Gasteiger partial charge in [-0.3, -0.25) is 4.98 Å². The molecule has 3 nitrogen and oxygen atoms in total. The minimum atomic E-state index is 0.301. The minimum absolute atomic E-state index is 0.301. The molecule has 0 aliphatic heterocycles. The van der Waals surface area contributed by atoms with Crippen LogP contribution in [0.5, 0.6) is 0 Å². The van der Waals surface area contributed by atoms with Crippen LogP contribution < -0.4 is 0 Å². The molecule has 2 rings (SSSR count). The quantitative estimate of drug-likeness (QED) is 0.816. The van der Waals surface area contributed by atoms with Crippen LogP contribution in [0.2, 0.25) is 0 Å². The molecule has 0 aromatic carbocycles. The van der Waals surface area contributed by atoms with Crippen molar-refractivity contribution in [1.29, 1.82) is 5.26 Å². The van der Waals surface area contributed by atoms with Crippen molar-refractivity contribution in [3.05, 3.63) is 30.1 Å². The maximum absolute atomic E-state index is 8.90. The molecule has 0 unspecified atom stereocenters. The van der Waals surface area contributed by atoms with Gasteiger partial charge < -0.3 is 4.90 Å². The highest BCUT2D eigenvalue weighted by Gasteiger charge is 2.23. The zero-order valence-electron chi connectivity index (χ0n) is 11.0. The highest BCUT2D eigenvalue weighted by molar-refractivity contribution is 5.09. The summed E-state index contributed by atoms with van der Waals surface area (Å²) >= 11 is 0.